The largest absolute Gasteiger partial charge is 0.493 e. The van der Waals surface area contributed by atoms with Gasteiger partial charge in [0.2, 0.25) is 5.91 Å². The number of carbonyl (C=O) groups is 3. The van der Waals surface area contributed by atoms with Crippen LogP contribution >= 0.6 is 0 Å². The summed E-state index contributed by atoms with van der Waals surface area (Å²) in [5.41, 5.74) is 4.04. The summed E-state index contributed by atoms with van der Waals surface area (Å²) in [5, 5.41) is 5.73. The molecule has 7 heteroatoms. The maximum absolute atomic E-state index is 12.5. The normalized spacial score (nSPS) is 10.4. The minimum absolute atomic E-state index is 0.0985. The Morgan fingerprint density at radius 3 is 2.34 bits per heavy atom. The maximum atomic E-state index is 12.5. The lowest BCUT2D eigenvalue weighted by atomic mass is 10.1. The molecule has 3 aromatic carbocycles. The molecule has 0 fully saturated rings. The Bertz CT molecular complexity index is 1190. The van der Waals surface area contributed by atoms with Crippen LogP contribution in [0.4, 0.5) is 5.69 Å². The summed E-state index contributed by atoms with van der Waals surface area (Å²) in [6, 6.07) is 19.7. The number of aryl methyl sites for hydroxylation is 2. The molecule has 0 bridgehead atoms. The van der Waals surface area contributed by atoms with Gasteiger partial charge in [0.1, 0.15) is 11.5 Å². The predicted molar refractivity (Wildman–Crippen MR) is 135 cm³/mol. The number of nitrogens with one attached hydrogen (secondary N) is 2. The lowest BCUT2D eigenvalue weighted by Gasteiger charge is -2.12. The Hall–Kier alpha value is -4.13. The molecular formula is C28H30N2O5. The average Bonchev–Trinajstić information content (AvgIpc) is 2.82. The molecule has 0 unspecified atom stereocenters. The minimum Gasteiger partial charge on any atom is -0.493 e. The van der Waals surface area contributed by atoms with Crippen LogP contribution in [0.2, 0.25) is 0 Å². The van der Waals surface area contributed by atoms with Crippen molar-refractivity contribution in [2.75, 3.05) is 11.9 Å². The molecular weight excluding hydrogens is 444 g/mol. The summed E-state index contributed by atoms with van der Waals surface area (Å²) in [5.74, 6) is 0.348. The standard InChI is InChI=1S/C28H30N2O5/c1-19-8-4-9-20(2)27(19)34-15-7-14-26(32)30-24-12-5-10-22(16-24)18-29-28(33)23-11-6-13-25(17-23)35-21(3)31/h4-6,8-13,16-17H,7,14-15,18H2,1-3H3,(H,29,33)(H,30,32). The topological polar surface area (TPSA) is 93.7 Å². The summed E-state index contributed by atoms with van der Waals surface area (Å²) < 4.78 is 10.9. The first-order valence-corrected chi connectivity index (χ1v) is 11.5. The quantitative estimate of drug-likeness (QED) is 0.246. The lowest BCUT2D eigenvalue weighted by molar-refractivity contribution is -0.131. The molecule has 0 atom stereocenters. The van der Waals surface area contributed by atoms with Crippen LogP contribution in [0.15, 0.2) is 66.7 Å². The zero-order valence-corrected chi connectivity index (χ0v) is 20.2. The van der Waals surface area contributed by atoms with E-state index >= 15 is 0 Å². The summed E-state index contributed by atoms with van der Waals surface area (Å²) >= 11 is 0. The van der Waals surface area contributed by atoms with E-state index in [-0.39, 0.29) is 18.4 Å². The third-order valence-corrected chi connectivity index (χ3v) is 5.22. The first kappa shape index (κ1) is 25.5. The van der Waals surface area contributed by atoms with Crippen LogP contribution < -0.4 is 20.1 Å². The molecule has 3 rings (SSSR count). The summed E-state index contributed by atoms with van der Waals surface area (Å²) in [6.07, 6.45) is 0.937. The van der Waals surface area contributed by atoms with E-state index < -0.39 is 5.97 Å². The van der Waals surface area contributed by atoms with Crippen molar-refractivity contribution in [1.29, 1.82) is 0 Å². The third-order valence-electron chi connectivity index (χ3n) is 5.22. The van der Waals surface area contributed by atoms with Crippen LogP contribution in [0, 0.1) is 13.8 Å². The summed E-state index contributed by atoms with van der Waals surface area (Å²) in [4.78, 5) is 35.9. The van der Waals surface area contributed by atoms with Crippen LogP contribution in [0.1, 0.15) is 46.8 Å². The molecule has 35 heavy (non-hydrogen) atoms. The molecule has 0 saturated carbocycles. The first-order valence-electron chi connectivity index (χ1n) is 11.5. The van der Waals surface area contributed by atoms with E-state index in [9.17, 15) is 14.4 Å². The number of benzene rings is 3. The van der Waals surface area contributed by atoms with Gasteiger partial charge in [-0.25, -0.2) is 0 Å². The highest BCUT2D eigenvalue weighted by molar-refractivity contribution is 5.94. The molecule has 0 spiro atoms. The number of anilines is 1. The van der Waals surface area contributed by atoms with Crippen molar-refractivity contribution >= 4 is 23.5 Å². The summed E-state index contributed by atoms with van der Waals surface area (Å²) in [6.45, 7) is 6.06. The van der Waals surface area contributed by atoms with Crippen LogP contribution in [-0.4, -0.2) is 24.4 Å². The van der Waals surface area contributed by atoms with E-state index in [4.69, 9.17) is 9.47 Å². The molecule has 0 saturated heterocycles. The van der Waals surface area contributed by atoms with Gasteiger partial charge in [-0.05, 0) is 67.3 Å². The van der Waals surface area contributed by atoms with Crippen LogP contribution in [0.5, 0.6) is 11.5 Å². The van der Waals surface area contributed by atoms with Crippen molar-refractivity contribution in [1.82, 2.24) is 5.32 Å². The Labute approximate surface area is 205 Å². The van der Waals surface area contributed by atoms with Crippen molar-refractivity contribution in [3.8, 4) is 11.5 Å². The molecule has 0 aliphatic carbocycles. The van der Waals surface area contributed by atoms with Gasteiger partial charge in [-0.3, -0.25) is 14.4 Å². The Kier molecular flexibility index (Phi) is 9.01. The maximum Gasteiger partial charge on any atom is 0.308 e. The van der Waals surface area contributed by atoms with Crippen LogP contribution in [0.3, 0.4) is 0 Å². The van der Waals surface area contributed by atoms with Gasteiger partial charge < -0.3 is 20.1 Å². The zero-order chi connectivity index (χ0) is 25.2. The second-order valence-corrected chi connectivity index (χ2v) is 8.23. The number of amides is 2. The van der Waals surface area contributed by atoms with Gasteiger partial charge >= 0.3 is 5.97 Å². The number of esters is 1. The van der Waals surface area contributed by atoms with Gasteiger partial charge in [-0.2, -0.15) is 0 Å². The van der Waals surface area contributed by atoms with E-state index in [0.717, 1.165) is 22.4 Å². The Balaban J connectivity index is 1.46. The molecule has 0 aliphatic rings. The van der Waals surface area contributed by atoms with Gasteiger partial charge in [0.25, 0.3) is 5.91 Å². The number of rotatable bonds is 10. The van der Waals surface area contributed by atoms with Crippen molar-refractivity contribution in [2.45, 2.75) is 40.2 Å². The predicted octanol–water partition coefficient (Wildman–Crippen LogP) is 4.96. The first-order chi connectivity index (χ1) is 16.8. The van der Waals surface area contributed by atoms with Crippen molar-refractivity contribution in [2.24, 2.45) is 0 Å². The molecule has 182 valence electrons. The third kappa shape index (κ3) is 7.99. The van der Waals surface area contributed by atoms with Crippen LogP contribution in [-0.2, 0) is 16.1 Å². The fourth-order valence-electron chi connectivity index (χ4n) is 3.57. The van der Waals surface area contributed by atoms with E-state index in [1.54, 1.807) is 24.3 Å². The van der Waals surface area contributed by atoms with Gasteiger partial charge in [0.05, 0.1) is 6.61 Å². The van der Waals surface area contributed by atoms with Crippen molar-refractivity contribution in [3.05, 3.63) is 89.0 Å². The zero-order valence-electron chi connectivity index (χ0n) is 20.2. The highest BCUT2D eigenvalue weighted by atomic mass is 16.5. The molecule has 2 amide bonds. The highest BCUT2D eigenvalue weighted by Gasteiger charge is 2.09. The van der Waals surface area contributed by atoms with Gasteiger partial charge in [0.15, 0.2) is 0 Å². The fraction of sp³-hybridized carbons (Fsp3) is 0.250. The molecule has 0 radical (unpaired) electrons. The molecule has 7 nitrogen and oxygen atoms in total. The lowest BCUT2D eigenvalue weighted by Crippen LogP contribution is -2.23. The number of hydrogen-bond donors (Lipinski definition) is 2. The number of ether oxygens (including phenoxy) is 2. The molecule has 2 N–H and O–H groups in total. The van der Waals surface area contributed by atoms with Gasteiger partial charge in [-0.1, -0.05) is 36.4 Å². The highest BCUT2D eigenvalue weighted by Crippen LogP contribution is 2.22. The second kappa shape index (κ2) is 12.4. The van der Waals surface area contributed by atoms with E-state index in [1.165, 1.54) is 13.0 Å². The monoisotopic (exact) mass is 474 g/mol. The molecule has 0 aromatic heterocycles. The molecule has 0 aliphatic heterocycles. The number of carbonyl (C=O) groups excluding carboxylic acids is 3. The van der Waals surface area contributed by atoms with E-state index in [2.05, 4.69) is 10.6 Å². The number of hydrogen-bond acceptors (Lipinski definition) is 5. The SMILES string of the molecule is CC(=O)Oc1cccc(C(=O)NCc2cccc(NC(=O)CCCOc3c(C)cccc3C)c2)c1. The van der Waals surface area contributed by atoms with Gasteiger partial charge in [-0.15, -0.1) is 0 Å². The smallest absolute Gasteiger partial charge is 0.308 e. The van der Waals surface area contributed by atoms with E-state index in [1.807, 2.05) is 50.2 Å². The van der Waals surface area contributed by atoms with Gasteiger partial charge in [0, 0.05) is 31.1 Å². The average molecular weight is 475 g/mol. The van der Waals surface area contributed by atoms with Crippen LogP contribution in [0.25, 0.3) is 0 Å². The second-order valence-electron chi connectivity index (χ2n) is 8.23. The van der Waals surface area contributed by atoms with E-state index in [0.29, 0.717) is 36.4 Å². The Morgan fingerprint density at radius 1 is 0.886 bits per heavy atom. The Morgan fingerprint density at radius 2 is 1.60 bits per heavy atom. The number of para-hydroxylation sites is 1. The minimum atomic E-state index is -0.449. The molecule has 3 aromatic rings. The molecule has 0 heterocycles. The fourth-order valence-corrected chi connectivity index (χ4v) is 3.57. The van der Waals surface area contributed by atoms with Crippen molar-refractivity contribution in [3.63, 3.8) is 0 Å². The summed E-state index contributed by atoms with van der Waals surface area (Å²) in [7, 11) is 0. The van der Waals surface area contributed by atoms with Crippen molar-refractivity contribution < 1.29 is 23.9 Å².